The molecule has 0 aliphatic carbocycles. The highest BCUT2D eigenvalue weighted by molar-refractivity contribution is 5.73. The first-order chi connectivity index (χ1) is 8.20. The number of nitro benzene ring substituents is 1. The molecule has 0 N–H and O–H groups in total. The second-order valence-corrected chi connectivity index (χ2v) is 3.47. The van der Waals surface area contributed by atoms with Gasteiger partial charge in [-0.2, -0.15) is 5.10 Å². The molecule has 2 rings (SSSR count). The Morgan fingerprint density at radius 2 is 2.18 bits per heavy atom. The van der Waals surface area contributed by atoms with Gasteiger partial charge in [0.25, 0.3) is 5.69 Å². The number of aldehydes is 1. The second kappa shape index (κ2) is 4.56. The molecule has 6 heteroatoms. The fourth-order valence-electron chi connectivity index (χ4n) is 1.52. The van der Waals surface area contributed by atoms with E-state index in [9.17, 15) is 14.9 Å². The highest BCUT2D eigenvalue weighted by Gasteiger charge is 2.12. The summed E-state index contributed by atoms with van der Waals surface area (Å²) in [6.07, 6.45) is 3.65. The summed E-state index contributed by atoms with van der Waals surface area (Å²) in [7, 11) is 0. The molecule has 17 heavy (non-hydrogen) atoms. The standard InChI is InChI=1S/C11H9N3O3/c15-8-9-5-12-13(6-9)7-10-3-1-2-4-11(10)14(16)17/h1-6,8H,7H2. The lowest BCUT2D eigenvalue weighted by Gasteiger charge is -2.02. The quantitative estimate of drug-likeness (QED) is 0.455. The van der Waals surface area contributed by atoms with E-state index in [2.05, 4.69) is 5.10 Å². The van der Waals surface area contributed by atoms with Crippen molar-refractivity contribution >= 4 is 12.0 Å². The SMILES string of the molecule is O=Cc1cnn(Cc2ccccc2[N+](=O)[O-])c1. The molecule has 1 aromatic heterocycles. The van der Waals surface area contributed by atoms with Gasteiger partial charge in [-0.1, -0.05) is 18.2 Å². The van der Waals surface area contributed by atoms with Crippen molar-refractivity contribution in [2.24, 2.45) is 0 Å². The summed E-state index contributed by atoms with van der Waals surface area (Å²) >= 11 is 0. The Balaban J connectivity index is 2.29. The van der Waals surface area contributed by atoms with Gasteiger partial charge in [-0.15, -0.1) is 0 Å². The van der Waals surface area contributed by atoms with Crippen molar-refractivity contribution in [2.75, 3.05) is 0 Å². The predicted molar refractivity (Wildman–Crippen MR) is 59.8 cm³/mol. The maximum absolute atomic E-state index is 10.8. The smallest absolute Gasteiger partial charge is 0.274 e. The van der Waals surface area contributed by atoms with Crippen LogP contribution in [0.4, 0.5) is 5.69 Å². The van der Waals surface area contributed by atoms with Gasteiger partial charge in [0.05, 0.1) is 28.8 Å². The molecule has 2 aromatic rings. The van der Waals surface area contributed by atoms with Gasteiger partial charge < -0.3 is 0 Å². The first kappa shape index (κ1) is 11.0. The number of hydrogen-bond donors (Lipinski definition) is 0. The summed E-state index contributed by atoms with van der Waals surface area (Å²) in [4.78, 5) is 20.8. The van der Waals surface area contributed by atoms with Crippen LogP contribution in [0.15, 0.2) is 36.7 Å². The summed E-state index contributed by atoms with van der Waals surface area (Å²) in [5.74, 6) is 0. The number of nitro groups is 1. The normalized spacial score (nSPS) is 10.1. The molecule has 0 radical (unpaired) electrons. The summed E-state index contributed by atoms with van der Waals surface area (Å²) in [5.41, 5.74) is 1.05. The lowest BCUT2D eigenvalue weighted by atomic mass is 10.2. The average Bonchev–Trinajstić information content (AvgIpc) is 2.77. The fraction of sp³-hybridized carbons (Fsp3) is 0.0909. The molecule has 0 spiro atoms. The molecule has 0 aliphatic heterocycles. The highest BCUT2D eigenvalue weighted by atomic mass is 16.6. The van der Waals surface area contributed by atoms with E-state index in [1.54, 1.807) is 24.4 Å². The van der Waals surface area contributed by atoms with Crippen LogP contribution in [0.25, 0.3) is 0 Å². The van der Waals surface area contributed by atoms with Crippen LogP contribution in [-0.2, 0) is 6.54 Å². The van der Waals surface area contributed by atoms with E-state index < -0.39 is 4.92 Å². The van der Waals surface area contributed by atoms with Crippen LogP contribution >= 0.6 is 0 Å². The third-order valence-electron chi connectivity index (χ3n) is 2.31. The first-order valence-corrected chi connectivity index (χ1v) is 4.90. The number of nitrogens with zero attached hydrogens (tertiary/aromatic N) is 3. The van der Waals surface area contributed by atoms with Crippen LogP contribution in [0.5, 0.6) is 0 Å². The predicted octanol–water partition coefficient (Wildman–Crippen LogP) is 1.65. The lowest BCUT2D eigenvalue weighted by molar-refractivity contribution is -0.385. The summed E-state index contributed by atoms with van der Waals surface area (Å²) in [6, 6.07) is 6.45. The number of para-hydroxylation sites is 1. The van der Waals surface area contributed by atoms with E-state index in [1.165, 1.54) is 16.9 Å². The van der Waals surface area contributed by atoms with Crippen LogP contribution < -0.4 is 0 Å². The van der Waals surface area contributed by atoms with Crippen molar-refractivity contribution in [3.05, 3.63) is 57.9 Å². The molecule has 0 amide bonds. The van der Waals surface area contributed by atoms with E-state index >= 15 is 0 Å². The Labute approximate surface area is 96.6 Å². The van der Waals surface area contributed by atoms with Gasteiger partial charge in [-0.3, -0.25) is 19.6 Å². The van der Waals surface area contributed by atoms with Gasteiger partial charge in [-0.25, -0.2) is 0 Å². The number of hydrogen-bond acceptors (Lipinski definition) is 4. The van der Waals surface area contributed by atoms with Crippen molar-refractivity contribution < 1.29 is 9.72 Å². The van der Waals surface area contributed by atoms with Crippen molar-refractivity contribution in [1.29, 1.82) is 0 Å². The fourth-order valence-corrected chi connectivity index (χ4v) is 1.52. The number of benzene rings is 1. The van der Waals surface area contributed by atoms with E-state index in [-0.39, 0.29) is 12.2 Å². The zero-order valence-corrected chi connectivity index (χ0v) is 8.81. The third kappa shape index (κ3) is 2.36. The van der Waals surface area contributed by atoms with Crippen LogP contribution in [0.2, 0.25) is 0 Å². The minimum absolute atomic E-state index is 0.0515. The lowest BCUT2D eigenvalue weighted by Crippen LogP contribution is -2.03. The summed E-state index contributed by atoms with van der Waals surface area (Å²) in [6.45, 7) is 0.269. The minimum atomic E-state index is -0.431. The molecule has 0 aliphatic rings. The minimum Gasteiger partial charge on any atom is -0.298 e. The topological polar surface area (TPSA) is 78.0 Å². The average molecular weight is 231 g/mol. The van der Waals surface area contributed by atoms with E-state index in [0.29, 0.717) is 17.4 Å². The van der Waals surface area contributed by atoms with Gasteiger partial charge in [0.1, 0.15) is 0 Å². The maximum Gasteiger partial charge on any atom is 0.274 e. The summed E-state index contributed by atoms with van der Waals surface area (Å²) < 4.78 is 1.49. The van der Waals surface area contributed by atoms with Crippen LogP contribution in [0.3, 0.4) is 0 Å². The number of aromatic nitrogens is 2. The van der Waals surface area contributed by atoms with E-state index in [0.717, 1.165) is 0 Å². The highest BCUT2D eigenvalue weighted by Crippen LogP contribution is 2.18. The van der Waals surface area contributed by atoms with Gasteiger partial charge in [-0.05, 0) is 0 Å². The zero-order chi connectivity index (χ0) is 12.3. The molecule has 0 atom stereocenters. The van der Waals surface area contributed by atoms with Crippen molar-refractivity contribution in [2.45, 2.75) is 6.54 Å². The Morgan fingerprint density at radius 1 is 1.41 bits per heavy atom. The molecule has 86 valence electrons. The maximum atomic E-state index is 10.8. The summed E-state index contributed by atoms with van der Waals surface area (Å²) in [5, 5.41) is 14.7. The molecule has 6 nitrogen and oxygen atoms in total. The first-order valence-electron chi connectivity index (χ1n) is 4.90. The van der Waals surface area contributed by atoms with Gasteiger partial charge >= 0.3 is 0 Å². The van der Waals surface area contributed by atoms with Crippen molar-refractivity contribution in [3.63, 3.8) is 0 Å². The second-order valence-electron chi connectivity index (χ2n) is 3.47. The Bertz CT molecular complexity index is 563. The Kier molecular flexibility index (Phi) is 2.95. The van der Waals surface area contributed by atoms with Crippen LogP contribution in [-0.4, -0.2) is 21.0 Å². The molecular formula is C11H9N3O3. The largest absolute Gasteiger partial charge is 0.298 e. The third-order valence-corrected chi connectivity index (χ3v) is 2.31. The van der Waals surface area contributed by atoms with Crippen molar-refractivity contribution in [1.82, 2.24) is 9.78 Å². The molecule has 1 heterocycles. The molecule has 0 unspecified atom stereocenters. The number of carbonyl (C=O) groups excluding carboxylic acids is 1. The Hall–Kier alpha value is -2.50. The molecule has 0 saturated heterocycles. The molecule has 0 fully saturated rings. The Morgan fingerprint density at radius 3 is 2.82 bits per heavy atom. The van der Waals surface area contributed by atoms with Gasteiger partial charge in [0.15, 0.2) is 6.29 Å². The molecule has 0 saturated carbocycles. The number of carbonyl (C=O) groups is 1. The molecule has 1 aromatic carbocycles. The van der Waals surface area contributed by atoms with Gasteiger partial charge in [0, 0.05) is 12.3 Å². The number of rotatable bonds is 4. The van der Waals surface area contributed by atoms with Crippen LogP contribution in [0.1, 0.15) is 15.9 Å². The van der Waals surface area contributed by atoms with Crippen molar-refractivity contribution in [3.8, 4) is 0 Å². The van der Waals surface area contributed by atoms with E-state index in [4.69, 9.17) is 0 Å². The molecule has 0 bridgehead atoms. The zero-order valence-electron chi connectivity index (χ0n) is 8.81. The molecular weight excluding hydrogens is 222 g/mol. The van der Waals surface area contributed by atoms with E-state index in [1.807, 2.05) is 0 Å². The monoisotopic (exact) mass is 231 g/mol. The van der Waals surface area contributed by atoms with Crippen LogP contribution in [0, 0.1) is 10.1 Å². The van der Waals surface area contributed by atoms with Gasteiger partial charge in [0.2, 0.25) is 0 Å².